The first-order chi connectivity index (χ1) is 8.25. The Morgan fingerprint density at radius 1 is 1.35 bits per heavy atom. The normalized spacial score (nSPS) is 12.8. The van der Waals surface area contributed by atoms with Crippen molar-refractivity contribution in [2.45, 2.75) is 19.8 Å². The summed E-state index contributed by atoms with van der Waals surface area (Å²) in [7, 11) is 0. The van der Waals surface area contributed by atoms with Gasteiger partial charge in [0.1, 0.15) is 0 Å². The summed E-state index contributed by atoms with van der Waals surface area (Å²) < 4.78 is 0. The Morgan fingerprint density at radius 2 is 2.12 bits per heavy atom. The Hall–Kier alpha value is -1.68. The first-order valence-corrected chi connectivity index (χ1v) is 6.40. The van der Waals surface area contributed by atoms with Crippen molar-refractivity contribution in [2.24, 2.45) is 5.10 Å². The Labute approximate surface area is 105 Å². The van der Waals surface area contributed by atoms with Gasteiger partial charge in [0.2, 0.25) is 5.13 Å². The van der Waals surface area contributed by atoms with E-state index in [1.165, 1.54) is 5.56 Å². The molecule has 0 fully saturated rings. The molecule has 1 N–H and O–H groups in total. The Balaban J connectivity index is 1.93. The minimum Gasteiger partial charge on any atom is -0.253 e. The van der Waals surface area contributed by atoms with E-state index in [1.807, 2.05) is 36.7 Å². The van der Waals surface area contributed by atoms with Crippen LogP contribution < -0.4 is 5.43 Å². The van der Waals surface area contributed by atoms with E-state index < -0.39 is 0 Å². The van der Waals surface area contributed by atoms with Crippen molar-refractivity contribution in [3.05, 3.63) is 47.0 Å². The van der Waals surface area contributed by atoms with Crippen molar-refractivity contribution in [2.75, 3.05) is 5.43 Å². The van der Waals surface area contributed by atoms with Crippen LogP contribution in [0.1, 0.15) is 24.1 Å². The smallest absolute Gasteiger partial charge is 0.203 e. The fourth-order valence-electron chi connectivity index (χ4n) is 1.45. The Kier molecular flexibility index (Phi) is 3.88. The van der Waals surface area contributed by atoms with E-state index in [1.54, 1.807) is 11.3 Å². The third-order valence-electron chi connectivity index (χ3n) is 2.40. The number of hydrazone groups is 1. The van der Waals surface area contributed by atoms with Crippen LogP contribution in [0, 0.1) is 6.92 Å². The molecule has 1 aromatic carbocycles. The van der Waals surface area contributed by atoms with Crippen molar-refractivity contribution in [1.82, 2.24) is 4.98 Å². The number of benzene rings is 1. The van der Waals surface area contributed by atoms with Gasteiger partial charge < -0.3 is 0 Å². The van der Waals surface area contributed by atoms with Gasteiger partial charge in [-0.15, -0.1) is 11.3 Å². The van der Waals surface area contributed by atoms with Crippen LogP contribution in [-0.4, -0.2) is 11.2 Å². The minimum absolute atomic E-state index is 0.296. The second-order valence-electron chi connectivity index (χ2n) is 3.88. The van der Waals surface area contributed by atoms with E-state index >= 15 is 0 Å². The number of hydrogen-bond donors (Lipinski definition) is 1. The highest BCUT2D eigenvalue weighted by atomic mass is 32.1. The molecule has 2 rings (SSSR count). The molecule has 4 heteroatoms. The number of rotatable bonds is 4. The van der Waals surface area contributed by atoms with Gasteiger partial charge in [-0.1, -0.05) is 37.3 Å². The van der Waals surface area contributed by atoms with Crippen molar-refractivity contribution in [1.29, 1.82) is 0 Å². The summed E-state index contributed by atoms with van der Waals surface area (Å²) in [4.78, 5) is 4.27. The van der Waals surface area contributed by atoms with Gasteiger partial charge in [0.05, 0.1) is 5.69 Å². The molecule has 0 aliphatic heterocycles. The van der Waals surface area contributed by atoms with Crippen molar-refractivity contribution in [3.8, 4) is 0 Å². The number of aromatic nitrogens is 1. The maximum absolute atomic E-state index is 4.27. The summed E-state index contributed by atoms with van der Waals surface area (Å²) in [5, 5.41) is 7.04. The molecule has 2 aromatic rings. The average molecular weight is 245 g/mol. The molecule has 0 aliphatic carbocycles. The number of aryl methyl sites for hydroxylation is 1. The number of hydrogen-bond acceptors (Lipinski definition) is 4. The van der Waals surface area contributed by atoms with Gasteiger partial charge >= 0.3 is 0 Å². The molecule has 0 saturated heterocycles. The third-order valence-corrected chi connectivity index (χ3v) is 3.27. The van der Waals surface area contributed by atoms with Crippen LogP contribution in [-0.2, 0) is 0 Å². The fraction of sp³-hybridized carbons (Fsp3) is 0.231. The molecular formula is C13H15N3S. The van der Waals surface area contributed by atoms with Crippen LogP contribution >= 0.6 is 11.3 Å². The van der Waals surface area contributed by atoms with Gasteiger partial charge in [-0.3, -0.25) is 5.43 Å². The second kappa shape index (κ2) is 5.59. The van der Waals surface area contributed by atoms with Crippen LogP contribution in [0.4, 0.5) is 5.13 Å². The summed E-state index contributed by atoms with van der Waals surface area (Å²) in [6.07, 6.45) is 1.89. The molecule has 0 amide bonds. The first-order valence-electron chi connectivity index (χ1n) is 5.52. The maximum Gasteiger partial charge on any atom is 0.203 e. The highest BCUT2D eigenvalue weighted by Gasteiger charge is 2.00. The van der Waals surface area contributed by atoms with Crippen molar-refractivity contribution >= 4 is 22.7 Å². The number of nitrogens with zero attached hydrogens (tertiary/aromatic N) is 2. The SMILES string of the molecule is Cc1csc(N/N=C/[C@@H](C)c2ccccc2)n1. The summed E-state index contributed by atoms with van der Waals surface area (Å²) >= 11 is 1.56. The van der Waals surface area contributed by atoms with Crippen molar-refractivity contribution in [3.63, 3.8) is 0 Å². The van der Waals surface area contributed by atoms with E-state index in [4.69, 9.17) is 0 Å². The predicted molar refractivity (Wildman–Crippen MR) is 73.8 cm³/mol. The summed E-state index contributed by atoms with van der Waals surface area (Å²) in [6.45, 7) is 4.09. The fourth-order valence-corrected chi connectivity index (χ4v) is 2.09. The molecule has 1 atom stereocenters. The molecule has 1 aromatic heterocycles. The van der Waals surface area contributed by atoms with Gasteiger partial charge in [-0.05, 0) is 12.5 Å². The van der Waals surface area contributed by atoms with E-state index in [0.29, 0.717) is 5.92 Å². The van der Waals surface area contributed by atoms with E-state index in [-0.39, 0.29) is 0 Å². The van der Waals surface area contributed by atoms with E-state index in [2.05, 4.69) is 34.6 Å². The molecule has 0 unspecified atom stereocenters. The third kappa shape index (κ3) is 3.39. The summed E-state index contributed by atoms with van der Waals surface area (Å²) in [5.74, 6) is 0.296. The molecule has 0 radical (unpaired) electrons. The average Bonchev–Trinajstić information content (AvgIpc) is 2.76. The summed E-state index contributed by atoms with van der Waals surface area (Å²) in [5.41, 5.74) is 5.22. The molecule has 88 valence electrons. The molecule has 0 spiro atoms. The highest BCUT2D eigenvalue weighted by molar-refractivity contribution is 7.13. The maximum atomic E-state index is 4.27. The zero-order chi connectivity index (χ0) is 12.1. The lowest BCUT2D eigenvalue weighted by atomic mass is 10.0. The molecule has 0 aliphatic rings. The number of anilines is 1. The molecule has 3 nitrogen and oxygen atoms in total. The predicted octanol–water partition coefficient (Wildman–Crippen LogP) is 3.65. The number of thiazole rings is 1. The Bertz CT molecular complexity index is 490. The van der Waals surface area contributed by atoms with Crippen molar-refractivity contribution < 1.29 is 0 Å². The van der Waals surface area contributed by atoms with Crippen LogP contribution in [0.25, 0.3) is 0 Å². The van der Waals surface area contributed by atoms with E-state index in [0.717, 1.165) is 10.8 Å². The van der Waals surface area contributed by atoms with Crippen LogP contribution in [0.15, 0.2) is 40.8 Å². The minimum atomic E-state index is 0.296. The van der Waals surface area contributed by atoms with Gasteiger partial charge in [0.25, 0.3) is 0 Å². The largest absolute Gasteiger partial charge is 0.253 e. The van der Waals surface area contributed by atoms with Gasteiger partial charge in [0.15, 0.2) is 0 Å². The zero-order valence-electron chi connectivity index (χ0n) is 9.92. The highest BCUT2D eigenvalue weighted by Crippen LogP contribution is 2.15. The lowest BCUT2D eigenvalue weighted by molar-refractivity contribution is 1.04. The topological polar surface area (TPSA) is 37.3 Å². The number of nitrogens with one attached hydrogen (secondary N) is 1. The second-order valence-corrected chi connectivity index (χ2v) is 4.74. The molecule has 1 heterocycles. The lowest BCUT2D eigenvalue weighted by Crippen LogP contribution is -1.97. The van der Waals surface area contributed by atoms with Gasteiger partial charge in [-0.25, -0.2) is 4.98 Å². The van der Waals surface area contributed by atoms with Crippen LogP contribution in [0.2, 0.25) is 0 Å². The van der Waals surface area contributed by atoms with Crippen LogP contribution in [0.5, 0.6) is 0 Å². The standard InChI is InChI=1S/C13H15N3S/c1-10(12-6-4-3-5-7-12)8-14-16-13-15-11(2)9-17-13/h3-10H,1-2H3,(H,15,16)/b14-8+/t10-/m1/s1. The van der Waals surface area contributed by atoms with Crippen LogP contribution in [0.3, 0.4) is 0 Å². The van der Waals surface area contributed by atoms with Gasteiger partial charge in [0, 0.05) is 17.5 Å². The molecule has 0 saturated carbocycles. The molecule has 17 heavy (non-hydrogen) atoms. The first kappa shape index (κ1) is 11.8. The zero-order valence-corrected chi connectivity index (χ0v) is 10.7. The summed E-state index contributed by atoms with van der Waals surface area (Å²) in [6, 6.07) is 10.3. The molecular weight excluding hydrogens is 230 g/mol. The van der Waals surface area contributed by atoms with E-state index in [9.17, 15) is 0 Å². The quantitative estimate of drug-likeness (QED) is 0.659. The lowest BCUT2D eigenvalue weighted by Gasteiger charge is -2.04. The monoisotopic (exact) mass is 245 g/mol. The Morgan fingerprint density at radius 3 is 2.76 bits per heavy atom. The van der Waals surface area contributed by atoms with Gasteiger partial charge in [-0.2, -0.15) is 5.10 Å². The molecule has 0 bridgehead atoms.